The zero-order chi connectivity index (χ0) is 20.3. The van der Waals surface area contributed by atoms with Gasteiger partial charge in [0.25, 0.3) is 5.91 Å². The number of likely N-dealkylation sites (N-methyl/N-ethyl adjacent to an activating group) is 1. The molecule has 0 spiro atoms. The summed E-state index contributed by atoms with van der Waals surface area (Å²) in [6.45, 7) is 2.75. The molecule has 0 fully saturated rings. The van der Waals surface area contributed by atoms with Gasteiger partial charge >= 0.3 is 0 Å². The monoisotopic (exact) mass is 418 g/mol. The van der Waals surface area contributed by atoms with E-state index in [1.165, 1.54) is 4.90 Å². The number of carbonyl (C=O) groups excluding carboxylic acids is 2. The van der Waals surface area contributed by atoms with E-state index in [0.29, 0.717) is 21.3 Å². The molecule has 0 unspecified atom stereocenters. The Hall–Kier alpha value is -2.57. The van der Waals surface area contributed by atoms with Gasteiger partial charge in [0.2, 0.25) is 5.91 Å². The molecule has 1 aliphatic heterocycles. The van der Waals surface area contributed by atoms with Gasteiger partial charge in [0, 0.05) is 37.0 Å². The third kappa shape index (κ3) is 4.82. The molecule has 2 aromatic rings. The van der Waals surface area contributed by atoms with Crippen molar-refractivity contribution in [2.45, 2.75) is 13.3 Å². The summed E-state index contributed by atoms with van der Waals surface area (Å²) in [5.74, 6) is -0.565. The van der Waals surface area contributed by atoms with Crippen molar-refractivity contribution in [3.63, 3.8) is 0 Å². The second-order valence-corrected chi connectivity index (χ2v) is 7.41. The van der Waals surface area contributed by atoms with E-state index in [-0.39, 0.29) is 18.4 Å². The van der Waals surface area contributed by atoms with Crippen LogP contribution in [0.25, 0.3) is 0 Å². The van der Waals surface area contributed by atoms with Gasteiger partial charge in [-0.15, -0.1) is 0 Å². The second-order valence-electron chi connectivity index (χ2n) is 6.59. The molecule has 2 amide bonds. The fourth-order valence-corrected chi connectivity index (χ4v) is 3.12. The summed E-state index contributed by atoms with van der Waals surface area (Å²) in [4.78, 5) is 26.2. The number of hydrazone groups is 1. The number of nitrogens with one attached hydrogen (secondary N) is 1. The van der Waals surface area contributed by atoms with Crippen molar-refractivity contribution in [3.05, 3.63) is 58.1 Å². The summed E-state index contributed by atoms with van der Waals surface area (Å²) in [5, 5.41) is 9.81. The van der Waals surface area contributed by atoms with Crippen LogP contribution in [-0.2, 0) is 4.79 Å². The Labute approximate surface area is 173 Å². The highest BCUT2D eigenvalue weighted by atomic mass is 35.5. The molecular formula is C20H20Cl2N4O2. The van der Waals surface area contributed by atoms with Gasteiger partial charge in [-0.3, -0.25) is 14.6 Å². The van der Waals surface area contributed by atoms with E-state index >= 15 is 0 Å². The highest BCUT2D eigenvalue weighted by Gasteiger charge is 2.17. The molecule has 1 aliphatic rings. The molecule has 0 saturated carbocycles. The van der Waals surface area contributed by atoms with Gasteiger partial charge in [0.15, 0.2) is 0 Å². The van der Waals surface area contributed by atoms with Crippen LogP contribution in [0.4, 0.5) is 11.4 Å². The van der Waals surface area contributed by atoms with E-state index in [9.17, 15) is 9.59 Å². The third-order valence-corrected chi connectivity index (χ3v) is 5.06. The Kier molecular flexibility index (Phi) is 6.21. The fourth-order valence-electron chi connectivity index (χ4n) is 2.82. The number of halogens is 2. The van der Waals surface area contributed by atoms with Crippen LogP contribution < -0.4 is 10.3 Å². The van der Waals surface area contributed by atoms with Crippen molar-refractivity contribution in [3.8, 4) is 0 Å². The first-order valence-electron chi connectivity index (χ1n) is 8.75. The molecule has 0 radical (unpaired) electrons. The number of anilines is 2. The quantitative estimate of drug-likeness (QED) is 0.787. The standard InChI is InChI=1S/C20H20Cl2N4O2/c1-13-9-10-26(24-13)16-6-3-14(4-7-16)20(28)25(2)12-19(27)23-15-5-8-17(21)18(22)11-15/h3-8,11H,9-10,12H2,1-2H3,(H,23,27). The Morgan fingerprint density at radius 1 is 1.14 bits per heavy atom. The summed E-state index contributed by atoms with van der Waals surface area (Å²) in [6.07, 6.45) is 0.942. The minimum atomic E-state index is -0.326. The molecule has 0 aromatic heterocycles. The number of amides is 2. The lowest BCUT2D eigenvalue weighted by atomic mass is 10.1. The van der Waals surface area contributed by atoms with E-state index in [1.807, 2.05) is 24.1 Å². The number of hydrogen-bond acceptors (Lipinski definition) is 4. The van der Waals surface area contributed by atoms with E-state index in [1.54, 1.807) is 37.4 Å². The fraction of sp³-hybridized carbons (Fsp3) is 0.250. The summed E-state index contributed by atoms with van der Waals surface area (Å²) in [5.41, 5.74) is 3.06. The van der Waals surface area contributed by atoms with E-state index in [0.717, 1.165) is 24.4 Å². The highest BCUT2D eigenvalue weighted by molar-refractivity contribution is 6.42. The van der Waals surface area contributed by atoms with Crippen molar-refractivity contribution in [1.82, 2.24) is 4.90 Å². The van der Waals surface area contributed by atoms with Gasteiger partial charge in [-0.25, -0.2) is 0 Å². The SMILES string of the molecule is CC1=NN(c2ccc(C(=O)N(C)CC(=O)Nc3ccc(Cl)c(Cl)c3)cc2)CC1. The Balaban J connectivity index is 1.59. The maximum atomic E-state index is 12.6. The molecular weight excluding hydrogens is 399 g/mol. The maximum Gasteiger partial charge on any atom is 0.254 e. The molecule has 146 valence electrons. The zero-order valence-corrected chi connectivity index (χ0v) is 17.1. The minimum absolute atomic E-state index is 0.0869. The summed E-state index contributed by atoms with van der Waals surface area (Å²) in [7, 11) is 1.58. The molecule has 6 nitrogen and oxygen atoms in total. The van der Waals surface area contributed by atoms with Crippen molar-refractivity contribution in [2.75, 3.05) is 30.5 Å². The number of hydrogen-bond donors (Lipinski definition) is 1. The van der Waals surface area contributed by atoms with Crippen LogP contribution in [0.2, 0.25) is 10.0 Å². The predicted molar refractivity (Wildman–Crippen MR) is 114 cm³/mol. The van der Waals surface area contributed by atoms with Crippen LogP contribution in [0.5, 0.6) is 0 Å². The molecule has 0 aliphatic carbocycles. The molecule has 0 bridgehead atoms. The molecule has 1 heterocycles. The third-order valence-electron chi connectivity index (χ3n) is 4.32. The first-order chi connectivity index (χ1) is 13.3. The van der Waals surface area contributed by atoms with E-state index < -0.39 is 0 Å². The Morgan fingerprint density at radius 2 is 1.86 bits per heavy atom. The summed E-state index contributed by atoms with van der Waals surface area (Å²) >= 11 is 11.8. The minimum Gasteiger partial charge on any atom is -0.332 e. The summed E-state index contributed by atoms with van der Waals surface area (Å²) < 4.78 is 0. The lowest BCUT2D eigenvalue weighted by Crippen LogP contribution is -2.34. The van der Waals surface area contributed by atoms with Crippen LogP contribution in [0.3, 0.4) is 0 Å². The van der Waals surface area contributed by atoms with Crippen molar-refractivity contribution in [1.29, 1.82) is 0 Å². The van der Waals surface area contributed by atoms with Gasteiger partial charge in [-0.1, -0.05) is 23.2 Å². The Morgan fingerprint density at radius 3 is 2.46 bits per heavy atom. The van der Waals surface area contributed by atoms with Crippen LogP contribution in [0.15, 0.2) is 47.6 Å². The molecule has 1 N–H and O–H groups in total. The molecule has 2 aromatic carbocycles. The van der Waals surface area contributed by atoms with E-state index in [2.05, 4.69) is 10.4 Å². The lowest BCUT2D eigenvalue weighted by Gasteiger charge is -2.18. The second kappa shape index (κ2) is 8.63. The van der Waals surface area contributed by atoms with Gasteiger partial charge in [0.1, 0.15) is 0 Å². The smallest absolute Gasteiger partial charge is 0.254 e. The van der Waals surface area contributed by atoms with Crippen LogP contribution >= 0.6 is 23.2 Å². The van der Waals surface area contributed by atoms with Gasteiger partial charge in [-0.2, -0.15) is 5.10 Å². The summed E-state index contributed by atoms with van der Waals surface area (Å²) in [6, 6.07) is 12.0. The predicted octanol–water partition coefficient (Wildman–Crippen LogP) is 4.29. The van der Waals surface area contributed by atoms with Crippen LogP contribution in [0.1, 0.15) is 23.7 Å². The number of benzene rings is 2. The topological polar surface area (TPSA) is 65.0 Å². The normalized spacial score (nSPS) is 13.3. The van der Waals surface area contributed by atoms with Crippen molar-refractivity contribution < 1.29 is 9.59 Å². The average molecular weight is 419 g/mol. The largest absolute Gasteiger partial charge is 0.332 e. The Bertz CT molecular complexity index is 928. The molecule has 0 saturated heterocycles. The number of carbonyl (C=O) groups is 2. The van der Waals surface area contributed by atoms with Crippen molar-refractivity contribution in [2.24, 2.45) is 5.10 Å². The molecule has 0 atom stereocenters. The zero-order valence-electron chi connectivity index (χ0n) is 15.6. The average Bonchev–Trinajstić information content (AvgIpc) is 3.10. The van der Waals surface area contributed by atoms with Crippen LogP contribution in [-0.4, -0.2) is 42.6 Å². The number of nitrogens with zero attached hydrogens (tertiary/aromatic N) is 3. The van der Waals surface area contributed by atoms with Gasteiger partial charge in [0.05, 0.1) is 22.3 Å². The van der Waals surface area contributed by atoms with Gasteiger partial charge < -0.3 is 10.2 Å². The molecule has 3 rings (SSSR count). The first-order valence-corrected chi connectivity index (χ1v) is 9.51. The van der Waals surface area contributed by atoms with Gasteiger partial charge in [-0.05, 0) is 49.4 Å². The highest BCUT2D eigenvalue weighted by Crippen LogP contribution is 2.25. The van der Waals surface area contributed by atoms with E-state index in [4.69, 9.17) is 23.2 Å². The lowest BCUT2D eigenvalue weighted by molar-refractivity contribution is -0.116. The maximum absolute atomic E-state index is 12.6. The van der Waals surface area contributed by atoms with Crippen molar-refractivity contribution >= 4 is 52.1 Å². The molecule has 28 heavy (non-hydrogen) atoms. The molecule has 8 heteroatoms. The van der Waals surface area contributed by atoms with Crippen LogP contribution in [0, 0.1) is 0 Å². The first kappa shape index (κ1) is 20.2. The number of rotatable bonds is 5.